The van der Waals surface area contributed by atoms with E-state index in [1.165, 1.54) is 6.92 Å². The number of aliphatic hydroxyl groups is 1. The number of aryl methyl sites for hydroxylation is 1. The van der Waals surface area contributed by atoms with Crippen LogP contribution >= 0.6 is 0 Å². The summed E-state index contributed by atoms with van der Waals surface area (Å²) in [5, 5.41) is 17.9. The first-order valence-corrected chi connectivity index (χ1v) is 8.71. The average molecular weight is 312 g/mol. The van der Waals surface area contributed by atoms with Crippen molar-refractivity contribution in [3.63, 3.8) is 0 Å². The number of benzene rings is 1. The molecule has 0 bridgehead atoms. The molecule has 3 atom stereocenters. The predicted molar refractivity (Wildman–Crippen MR) is 79.0 cm³/mol. The lowest BCUT2D eigenvalue weighted by molar-refractivity contribution is -0.145. The molecule has 0 radical (unpaired) electrons. The van der Waals surface area contributed by atoms with Gasteiger partial charge in [0.25, 0.3) is 0 Å². The van der Waals surface area contributed by atoms with Gasteiger partial charge >= 0.3 is 5.97 Å². The highest BCUT2D eigenvalue weighted by Crippen LogP contribution is 2.63. The zero-order valence-electron chi connectivity index (χ0n) is 12.1. The summed E-state index contributed by atoms with van der Waals surface area (Å²) in [7, 11) is -3.54. The molecule has 0 heterocycles. The Morgan fingerprint density at radius 2 is 1.81 bits per heavy atom. The summed E-state index contributed by atoms with van der Waals surface area (Å²) in [6.45, 7) is 2.83. The van der Waals surface area contributed by atoms with Crippen LogP contribution in [0.4, 0.5) is 0 Å². The Bertz CT molecular complexity index is 635. The molecule has 2 rings (SSSR count). The predicted octanol–water partition coefficient (Wildman–Crippen LogP) is 1.21. The Labute approximate surface area is 124 Å². The van der Waals surface area contributed by atoms with Crippen LogP contribution in [0.2, 0.25) is 0 Å². The van der Waals surface area contributed by atoms with Crippen LogP contribution in [0.3, 0.4) is 0 Å². The normalized spacial score (nSPS) is 28.3. The Morgan fingerprint density at radius 3 is 2.19 bits per heavy atom. The molecule has 2 N–H and O–H groups in total. The molecule has 0 aromatic heterocycles. The Balaban J connectivity index is 2.47. The van der Waals surface area contributed by atoms with E-state index < -0.39 is 39.0 Å². The summed E-state index contributed by atoms with van der Waals surface area (Å²) < 4.78 is 24.3. The van der Waals surface area contributed by atoms with Crippen LogP contribution in [0, 0.1) is 5.41 Å². The standard InChI is InChI=1S/C15H20O5S/c1-3-10-5-7-11(8-6-10)12-13(21(19,20)4-2)15(12,9-16)14(17)18/h5-8,12-13,16H,3-4,9H2,1-2H3,(H,17,18)/t12-,13+,15+/m1/s1. The maximum absolute atomic E-state index is 12.2. The third kappa shape index (κ3) is 2.36. The van der Waals surface area contributed by atoms with Crippen LogP contribution in [0.15, 0.2) is 24.3 Å². The van der Waals surface area contributed by atoms with Gasteiger partial charge in [-0.1, -0.05) is 38.1 Å². The second kappa shape index (κ2) is 5.42. The number of carboxylic acid groups (broad SMARTS) is 1. The third-order valence-electron chi connectivity index (χ3n) is 4.45. The first kappa shape index (κ1) is 16.0. The lowest BCUT2D eigenvalue weighted by Crippen LogP contribution is -2.28. The van der Waals surface area contributed by atoms with E-state index in [2.05, 4.69) is 0 Å². The quantitative estimate of drug-likeness (QED) is 0.824. The molecule has 6 heteroatoms. The Hall–Kier alpha value is -1.40. The van der Waals surface area contributed by atoms with E-state index in [1.54, 1.807) is 12.1 Å². The van der Waals surface area contributed by atoms with Crippen LogP contribution in [-0.4, -0.2) is 42.2 Å². The van der Waals surface area contributed by atoms with Gasteiger partial charge in [-0.2, -0.15) is 0 Å². The molecule has 5 nitrogen and oxygen atoms in total. The summed E-state index contributed by atoms with van der Waals surface area (Å²) >= 11 is 0. The molecule has 1 aromatic carbocycles. The van der Waals surface area contributed by atoms with Crippen molar-refractivity contribution in [3.05, 3.63) is 35.4 Å². The van der Waals surface area contributed by atoms with Gasteiger partial charge in [0.05, 0.1) is 11.9 Å². The van der Waals surface area contributed by atoms with E-state index in [1.807, 2.05) is 19.1 Å². The van der Waals surface area contributed by atoms with Gasteiger partial charge in [-0.15, -0.1) is 0 Å². The molecule has 1 aromatic rings. The highest BCUT2D eigenvalue weighted by Gasteiger charge is 2.75. The van der Waals surface area contributed by atoms with E-state index in [-0.39, 0.29) is 5.75 Å². The van der Waals surface area contributed by atoms with E-state index in [4.69, 9.17) is 0 Å². The maximum atomic E-state index is 12.2. The van der Waals surface area contributed by atoms with Crippen LogP contribution in [0.5, 0.6) is 0 Å². The van der Waals surface area contributed by atoms with Crippen molar-refractivity contribution in [2.45, 2.75) is 31.4 Å². The highest BCUT2D eigenvalue weighted by molar-refractivity contribution is 7.92. The molecule has 0 aliphatic heterocycles. The van der Waals surface area contributed by atoms with Crippen molar-refractivity contribution in [2.75, 3.05) is 12.4 Å². The molecule has 1 saturated carbocycles. The molecule has 0 spiro atoms. The average Bonchev–Trinajstić information content (AvgIpc) is 3.19. The monoisotopic (exact) mass is 312 g/mol. The van der Waals surface area contributed by atoms with Crippen molar-refractivity contribution in [2.24, 2.45) is 5.41 Å². The van der Waals surface area contributed by atoms with Crippen LogP contribution in [-0.2, 0) is 21.1 Å². The zero-order valence-corrected chi connectivity index (χ0v) is 12.9. The largest absolute Gasteiger partial charge is 0.481 e. The lowest BCUT2D eigenvalue weighted by atomic mass is 9.99. The summed E-state index contributed by atoms with van der Waals surface area (Å²) in [6.07, 6.45) is 0.853. The summed E-state index contributed by atoms with van der Waals surface area (Å²) in [4.78, 5) is 11.6. The minimum absolute atomic E-state index is 0.129. The molecule has 0 amide bonds. The van der Waals surface area contributed by atoms with Gasteiger partial charge in [0, 0.05) is 11.7 Å². The van der Waals surface area contributed by atoms with Crippen molar-refractivity contribution in [1.82, 2.24) is 0 Å². The fourth-order valence-electron chi connectivity index (χ4n) is 3.06. The molecule has 1 fully saturated rings. The van der Waals surface area contributed by atoms with E-state index in [0.717, 1.165) is 12.0 Å². The van der Waals surface area contributed by atoms with Gasteiger partial charge in [0.1, 0.15) is 5.41 Å². The van der Waals surface area contributed by atoms with E-state index in [0.29, 0.717) is 5.56 Å². The lowest BCUT2D eigenvalue weighted by Gasteiger charge is -2.09. The molecular formula is C15H20O5S. The number of hydrogen-bond donors (Lipinski definition) is 2. The summed E-state index contributed by atoms with van der Waals surface area (Å²) in [6, 6.07) is 7.27. The van der Waals surface area contributed by atoms with E-state index >= 15 is 0 Å². The Morgan fingerprint density at radius 1 is 1.24 bits per heavy atom. The molecule has 116 valence electrons. The van der Waals surface area contributed by atoms with Crippen LogP contribution < -0.4 is 0 Å². The number of carbonyl (C=O) groups is 1. The van der Waals surface area contributed by atoms with Gasteiger partial charge in [-0.3, -0.25) is 4.79 Å². The van der Waals surface area contributed by atoms with Crippen LogP contribution in [0.25, 0.3) is 0 Å². The molecule has 0 unspecified atom stereocenters. The second-order valence-electron chi connectivity index (χ2n) is 5.45. The smallest absolute Gasteiger partial charge is 0.314 e. The first-order valence-electron chi connectivity index (χ1n) is 6.99. The van der Waals surface area contributed by atoms with Gasteiger partial charge in [-0.05, 0) is 17.5 Å². The van der Waals surface area contributed by atoms with Crippen LogP contribution in [0.1, 0.15) is 30.9 Å². The fraction of sp³-hybridized carbons (Fsp3) is 0.533. The number of hydrogen-bond acceptors (Lipinski definition) is 4. The number of rotatable bonds is 6. The summed E-state index contributed by atoms with van der Waals surface area (Å²) in [5.41, 5.74) is 0.146. The molecular weight excluding hydrogens is 292 g/mol. The fourth-order valence-corrected chi connectivity index (χ4v) is 5.11. The van der Waals surface area contributed by atoms with Crippen molar-refractivity contribution < 1.29 is 23.4 Å². The number of aliphatic carboxylic acids is 1. The number of sulfone groups is 1. The Kier molecular flexibility index (Phi) is 4.13. The SMILES string of the molecule is CCc1ccc([C@@H]2[C@H](S(=O)(=O)CC)[C@@]2(CO)C(=O)O)cc1. The zero-order chi connectivity index (χ0) is 15.8. The minimum Gasteiger partial charge on any atom is -0.481 e. The summed E-state index contributed by atoms with van der Waals surface area (Å²) in [5.74, 6) is -2.07. The van der Waals surface area contributed by atoms with Crippen molar-refractivity contribution in [3.8, 4) is 0 Å². The first-order chi connectivity index (χ1) is 9.85. The van der Waals surface area contributed by atoms with Gasteiger partial charge in [0.15, 0.2) is 9.84 Å². The molecule has 21 heavy (non-hydrogen) atoms. The van der Waals surface area contributed by atoms with Gasteiger partial charge in [0.2, 0.25) is 0 Å². The minimum atomic E-state index is -3.54. The highest BCUT2D eigenvalue weighted by atomic mass is 32.2. The number of aliphatic hydroxyl groups excluding tert-OH is 1. The second-order valence-corrected chi connectivity index (χ2v) is 7.86. The molecule has 1 aliphatic carbocycles. The maximum Gasteiger partial charge on any atom is 0.314 e. The van der Waals surface area contributed by atoms with Crippen molar-refractivity contribution in [1.29, 1.82) is 0 Å². The van der Waals surface area contributed by atoms with Gasteiger partial charge < -0.3 is 10.2 Å². The van der Waals surface area contributed by atoms with E-state index in [9.17, 15) is 23.4 Å². The molecule has 1 aliphatic rings. The third-order valence-corrected chi connectivity index (χ3v) is 6.72. The van der Waals surface area contributed by atoms with Crippen molar-refractivity contribution >= 4 is 15.8 Å². The van der Waals surface area contributed by atoms with Gasteiger partial charge in [-0.25, -0.2) is 8.42 Å². The number of carboxylic acids is 1. The molecule has 0 saturated heterocycles. The topological polar surface area (TPSA) is 91.7 Å².